The van der Waals surface area contributed by atoms with Gasteiger partial charge in [0.25, 0.3) is 5.91 Å². The molecule has 4 aromatic rings. The van der Waals surface area contributed by atoms with E-state index in [1.165, 1.54) is 5.01 Å². The van der Waals surface area contributed by atoms with Gasteiger partial charge in [-0.25, -0.2) is 15.4 Å². The van der Waals surface area contributed by atoms with Crippen molar-refractivity contribution in [3.05, 3.63) is 77.6 Å². The van der Waals surface area contributed by atoms with E-state index in [9.17, 15) is 14.4 Å². The lowest BCUT2D eigenvalue weighted by molar-refractivity contribution is -0.155. The number of methoxy groups -OCH3 is 2. The molecule has 0 spiro atoms. The lowest BCUT2D eigenvalue weighted by Crippen LogP contribution is -2.62. The molecule has 2 N–H and O–H groups in total. The van der Waals surface area contributed by atoms with E-state index in [1.54, 1.807) is 20.4 Å². The second-order valence-electron chi connectivity index (χ2n) is 18.7. The number of hydrogen-bond acceptors (Lipinski definition) is 11. The number of aryl methyl sites for hydroxylation is 1. The zero-order valence-electron chi connectivity index (χ0n) is 38.7. The Hall–Kier alpha value is -5.24. The third-order valence-corrected chi connectivity index (χ3v) is 12.8. The van der Waals surface area contributed by atoms with Crippen molar-refractivity contribution in [1.29, 1.82) is 0 Å². The van der Waals surface area contributed by atoms with Crippen LogP contribution in [-0.4, -0.2) is 122 Å². The number of ether oxygens (including phenoxy) is 3. The summed E-state index contributed by atoms with van der Waals surface area (Å²) in [5.74, 6) is -0.625. The summed E-state index contributed by atoms with van der Waals surface area (Å²) in [4.78, 5) is 58.4. The fraction of sp³-hybridized carbons (Fsp3) is 0.540. The Labute approximate surface area is 377 Å². The van der Waals surface area contributed by atoms with Crippen LogP contribution in [0.1, 0.15) is 70.6 Å². The van der Waals surface area contributed by atoms with Crippen LogP contribution in [0.5, 0.6) is 0 Å². The molecular weight excluding hydrogens is 809 g/mol. The quantitative estimate of drug-likeness (QED) is 0.0890. The maximum atomic E-state index is 14.7. The molecule has 0 aliphatic carbocycles. The molecule has 2 amide bonds. The van der Waals surface area contributed by atoms with Crippen molar-refractivity contribution in [3.8, 4) is 22.4 Å². The highest BCUT2D eigenvalue weighted by Crippen LogP contribution is 2.41. The van der Waals surface area contributed by atoms with Crippen LogP contribution < -0.4 is 10.7 Å². The number of fused-ring (bicyclic) bond motifs is 6. The smallest absolute Gasteiger partial charge is 0.324 e. The molecule has 64 heavy (non-hydrogen) atoms. The lowest BCUT2D eigenvalue weighted by atomic mass is 9.84. The van der Waals surface area contributed by atoms with Crippen molar-refractivity contribution in [2.45, 2.75) is 98.0 Å². The Bertz CT molecular complexity index is 2350. The Morgan fingerprint density at radius 1 is 1.06 bits per heavy atom. The minimum Gasteiger partial charge on any atom is -0.464 e. The summed E-state index contributed by atoms with van der Waals surface area (Å²) in [5, 5.41) is 5.86. The first kappa shape index (κ1) is 46.7. The van der Waals surface area contributed by atoms with Crippen molar-refractivity contribution in [2.24, 2.45) is 27.2 Å². The third-order valence-electron chi connectivity index (χ3n) is 12.8. The molecule has 2 aromatic carbocycles. The minimum atomic E-state index is -0.897. The normalized spacial score (nSPS) is 21.0. The predicted molar refractivity (Wildman–Crippen MR) is 249 cm³/mol. The Balaban J connectivity index is 1.25. The molecule has 2 aromatic heterocycles. The van der Waals surface area contributed by atoms with Gasteiger partial charge in [0, 0.05) is 74.5 Å². The molecule has 14 heteroatoms. The van der Waals surface area contributed by atoms with Crippen molar-refractivity contribution in [3.63, 3.8) is 0 Å². The van der Waals surface area contributed by atoms with E-state index in [2.05, 4.69) is 92.3 Å². The topological polar surface area (TPSA) is 152 Å². The standard InChI is InChI=1S/C50H66N8O6/c1-8-57-44-15-14-37-25-39(44)40(46(57)41-28-51-18-16-38(41)30-63-7)26-50(4,5)31-64-49(61)42-13-10-20-58(55-42)48(60)43(24-34-11-9-12-36(37)23-34)54-47(59)45(33(2)3)56-21-17-35(29-56)27-53-32-52-19-22-62-6/h9,11-12,14-16,18,23,25,28,33,35,42-43,45,55H,8,10,13,17,19-22,24,26-27,29-31H2,1-7H3,(H,54,59)/t35-,42-,43-,45-/m0/s1. The molecule has 3 aliphatic heterocycles. The van der Waals surface area contributed by atoms with Gasteiger partial charge in [-0.15, -0.1) is 0 Å². The number of aliphatic imine (C=N–C) groups is 2. The number of hydrogen-bond donors (Lipinski definition) is 2. The van der Waals surface area contributed by atoms with E-state index >= 15 is 0 Å². The number of likely N-dealkylation sites (tertiary alicyclic amines) is 1. The number of benzene rings is 2. The largest absolute Gasteiger partial charge is 0.464 e. The Morgan fingerprint density at radius 2 is 1.89 bits per heavy atom. The lowest BCUT2D eigenvalue weighted by Gasteiger charge is -2.36. The van der Waals surface area contributed by atoms with Crippen LogP contribution >= 0.6 is 0 Å². The fourth-order valence-electron chi connectivity index (χ4n) is 9.67. The first-order chi connectivity index (χ1) is 30.9. The van der Waals surface area contributed by atoms with Gasteiger partial charge in [-0.2, -0.15) is 0 Å². The van der Waals surface area contributed by atoms with Crippen molar-refractivity contribution < 1.29 is 28.6 Å². The fourth-order valence-corrected chi connectivity index (χ4v) is 9.67. The van der Waals surface area contributed by atoms with Gasteiger partial charge in [-0.1, -0.05) is 58.0 Å². The average molecular weight is 875 g/mol. The molecule has 2 saturated heterocycles. The molecule has 0 saturated carbocycles. The molecule has 5 heterocycles. The summed E-state index contributed by atoms with van der Waals surface area (Å²) in [6.07, 6.45) is 6.65. The second-order valence-corrected chi connectivity index (χ2v) is 18.7. The molecular formula is C50H66N8O6. The minimum absolute atomic E-state index is 0.0142. The summed E-state index contributed by atoms with van der Waals surface area (Å²) < 4.78 is 19.2. The maximum absolute atomic E-state index is 14.7. The summed E-state index contributed by atoms with van der Waals surface area (Å²) in [5.41, 5.74) is 11.1. The number of amides is 2. The molecule has 6 bridgehead atoms. The van der Waals surface area contributed by atoms with Gasteiger partial charge in [0.15, 0.2) is 0 Å². The van der Waals surface area contributed by atoms with Crippen molar-refractivity contribution in [1.82, 2.24) is 30.2 Å². The first-order valence-electron chi connectivity index (χ1n) is 22.9. The zero-order valence-corrected chi connectivity index (χ0v) is 38.7. The number of carbonyl (C=O) groups is 3. The predicted octanol–water partition coefficient (Wildman–Crippen LogP) is 6.35. The SMILES string of the molecule is CCn1c(-c2cnccc2COC)c2c3cc(ccc31)-c1cccc(c1)C[C@H](NC(=O)[C@H](C(C)C)N1CC[C@@H](CN=C=NCCOC)C1)C(=O)N1CCC[C@H](N1)C(=O)OCC(C)(C)C2. The summed E-state index contributed by atoms with van der Waals surface area (Å²) in [6, 6.07) is 17.6. The molecule has 0 unspecified atom stereocenters. The van der Waals surface area contributed by atoms with E-state index in [0.717, 1.165) is 69.5 Å². The van der Waals surface area contributed by atoms with E-state index in [-0.39, 0.29) is 36.7 Å². The number of carbonyl (C=O) groups excluding carboxylic acids is 3. The van der Waals surface area contributed by atoms with Crippen LogP contribution in [0.25, 0.3) is 33.3 Å². The molecule has 7 rings (SSSR count). The summed E-state index contributed by atoms with van der Waals surface area (Å²) >= 11 is 0. The number of pyridine rings is 1. The number of nitrogens with one attached hydrogen (secondary N) is 2. The van der Waals surface area contributed by atoms with Gasteiger partial charge >= 0.3 is 5.97 Å². The van der Waals surface area contributed by atoms with Crippen LogP contribution in [0.2, 0.25) is 0 Å². The van der Waals surface area contributed by atoms with E-state index < -0.39 is 29.5 Å². The molecule has 4 atom stereocenters. The van der Waals surface area contributed by atoms with Crippen molar-refractivity contribution >= 4 is 34.7 Å². The van der Waals surface area contributed by atoms with Gasteiger partial charge in [0.1, 0.15) is 12.1 Å². The molecule has 0 radical (unpaired) electrons. The molecule has 2 fully saturated rings. The number of cyclic esters (lactones) is 1. The highest BCUT2D eigenvalue weighted by Gasteiger charge is 2.39. The Kier molecular flexibility index (Phi) is 15.5. The second kappa shape index (κ2) is 21.2. The first-order valence-corrected chi connectivity index (χ1v) is 22.9. The van der Waals surface area contributed by atoms with Crippen LogP contribution in [0, 0.1) is 17.3 Å². The zero-order chi connectivity index (χ0) is 45.4. The van der Waals surface area contributed by atoms with Gasteiger partial charge < -0.3 is 24.1 Å². The molecule has 14 nitrogen and oxygen atoms in total. The summed E-state index contributed by atoms with van der Waals surface area (Å²) in [7, 11) is 3.34. The van der Waals surface area contributed by atoms with Crippen LogP contribution in [0.4, 0.5) is 0 Å². The highest BCUT2D eigenvalue weighted by molar-refractivity contribution is 5.95. The van der Waals surface area contributed by atoms with Crippen LogP contribution in [0.3, 0.4) is 0 Å². The highest BCUT2D eigenvalue weighted by atomic mass is 16.5. The number of hydrazine groups is 1. The summed E-state index contributed by atoms with van der Waals surface area (Å²) in [6.45, 7) is 15.3. The maximum Gasteiger partial charge on any atom is 0.324 e. The molecule has 342 valence electrons. The van der Waals surface area contributed by atoms with Gasteiger partial charge in [0.2, 0.25) is 5.91 Å². The number of nitrogens with zero attached hydrogens (tertiary/aromatic N) is 6. The number of aromatic nitrogens is 2. The Morgan fingerprint density at radius 3 is 2.67 bits per heavy atom. The van der Waals surface area contributed by atoms with E-state index in [0.29, 0.717) is 58.7 Å². The van der Waals surface area contributed by atoms with E-state index in [4.69, 9.17) is 14.2 Å². The van der Waals surface area contributed by atoms with Crippen molar-refractivity contribution in [2.75, 3.05) is 60.2 Å². The van der Waals surface area contributed by atoms with Gasteiger partial charge in [-0.05, 0) is 97.0 Å². The monoisotopic (exact) mass is 875 g/mol. The van der Waals surface area contributed by atoms with Crippen LogP contribution in [0.15, 0.2) is 70.9 Å². The van der Waals surface area contributed by atoms with Gasteiger partial charge in [0.05, 0.1) is 50.7 Å². The van der Waals surface area contributed by atoms with Crippen LogP contribution in [-0.2, 0) is 54.6 Å². The van der Waals surface area contributed by atoms with E-state index in [1.807, 2.05) is 38.2 Å². The number of esters is 1. The third kappa shape index (κ3) is 10.8. The number of rotatable bonds is 13. The molecule has 3 aliphatic rings. The van der Waals surface area contributed by atoms with Gasteiger partial charge in [-0.3, -0.25) is 29.3 Å². The average Bonchev–Trinajstić information content (AvgIpc) is 3.87.